The summed E-state index contributed by atoms with van der Waals surface area (Å²) in [5.41, 5.74) is 0.678. The number of carbonyl (C=O) groups excluding carboxylic acids is 1. The van der Waals surface area contributed by atoms with Crippen molar-refractivity contribution < 1.29 is 18.0 Å². The highest BCUT2D eigenvalue weighted by Crippen LogP contribution is 2.17. The highest BCUT2D eigenvalue weighted by molar-refractivity contribution is 5.92. The predicted octanol–water partition coefficient (Wildman–Crippen LogP) is 3.57. The number of halogens is 3. The minimum atomic E-state index is -0.993. The van der Waals surface area contributed by atoms with Crippen LogP contribution >= 0.6 is 0 Å². The van der Waals surface area contributed by atoms with E-state index in [-0.39, 0.29) is 23.7 Å². The fourth-order valence-corrected chi connectivity index (χ4v) is 2.15. The van der Waals surface area contributed by atoms with E-state index < -0.39 is 23.4 Å². The van der Waals surface area contributed by atoms with Gasteiger partial charge < -0.3 is 10.6 Å². The lowest BCUT2D eigenvalue weighted by Gasteiger charge is -2.07. The molecule has 5 nitrogen and oxygen atoms in total. The largest absolute Gasteiger partial charge is 0.346 e. The summed E-state index contributed by atoms with van der Waals surface area (Å²) in [5.74, 6) is -2.62. The summed E-state index contributed by atoms with van der Waals surface area (Å²) in [6.07, 6.45) is 0. The molecule has 2 aromatic carbocycles. The molecule has 0 aliphatic rings. The number of rotatable bonds is 5. The Bertz CT molecular complexity index is 932. The van der Waals surface area contributed by atoms with Crippen molar-refractivity contribution in [1.29, 1.82) is 0 Å². The second kappa shape index (κ2) is 7.64. The maximum Gasteiger partial charge on any atom is 0.272 e. The Kier molecular flexibility index (Phi) is 5.12. The van der Waals surface area contributed by atoms with Crippen LogP contribution in [0.15, 0.2) is 54.6 Å². The van der Waals surface area contributed by atoms with Crippen molar-refractivity contribution in [2.24, 2.45) is 0 Å². The summed E-state index contributed by atoms with van der Waals surface area (Å²) in [6.45, 7) is 0.0159. The van der Waals surface area contributed by atoms with Gasteiger partial charge in [0.05, 0.1) is 0 Å². The van der Waals surface area contributed by atoms with Crippen LogP contribution in [0.1, 0.15) is 16.1 Å². The van der Waals surface area contributed by atoms with E-state index in [9.17, 15) is 18.0 Å². The second-order valence-corrected chi connectivity index (χ2v) is 5.33. The van der Waals surface area contributed by atoms with Gasteiger partial charge in [0.15, 0.2) is 23.1 Å². The monoisotopic (exact) mass is 358 g/mol. The topological polar surface area (TPSA) is 66.9 Å². The van der Waals surface area contributed by atoms with E-state index in [0.717, 1.165) is 12.1 Å². The normalized spacial score (nSPS) is 10.4. The lowest BCUT2D eigenvalue weighted by Crippen LogP contribution is -2.24. The summed E-state index contributed by atoms with van der Waals surface area (Å²) >= 11 is 0. The van der Waals surface area contributed by atoms with Gasteiger partial charge in [0.2, 0.25) is 0 Å². The van der Waals surface area contributed by atoms with Crippen molar-refractivity contribution in [2.75, 3.05) is 5.32 Å². The first-order valence-electron chi connectivity index (χ1n) is 7.60. The average molecular weight is 358 g/mol. The maximum absolute atomic E-state index is 13.5. The van der Waals surface area contributed by atoms with Crippen LogP contribution < -0.4 is 10.6 Å². The lowest BCUT2D eigenvalue weighted by atomic mass is 10.2. The molecule has 1 aromatic heterocycles. The number of anilines is 2. The number of carbonyl (C=O) groups is 1. The van der Waals surface area contributed by atoms with Crippen molar-refractivity contribution in [2.45, 2.75) is 6.54 Å². The van der Waals surface area contributed by atoms with Crippen molar-refractivity contribution >= 4 is 17.4 Å². The molecule has 8 heteroatoms. The zero-order chi connectivity index (χ0) is 18.5. The maximum atomic E-state index is 13.5. The molecule has 0 saturated heterocycles. The second-order valence-electron chi connectivity index (χ2n) is 5.33. The number of hydrogen-bond donors (Lipinski definition) is 2. The number of amides is 1. The molecule has 0 saturated carbocycles. The third kappa shape index (κ3) is 4.15. The summed E-state index contributed by atoms with van der Waals surface area (Å²) in [4.78, 5) is 12.0. The van der Waals surface area contributed by atoms with E-state index in [4.69, 9.17) is 0 Å². The minimum Gasteiger partial charge on any atom is -0.346 e. The molecule has 0 unspecified atom stereocenters. The van der Waals surface area contributed by atoms with Gasteiger partial charge in [-0.05, 0) is 30.3 Å². The van der Waals surface area contributed by atoms with Crippen molar-refractivity contribution in [3.8, 4) is 0 Å². The molecule has 0 spiro atoms. The molecule has 0 atom stereocenters. The standard InChI is InChI=1S/C18H13F3N4O/c19-13-4-2-1-3-11(13)10-22-18(26)16-7-8-17(25-24-16)23-12-5-6-14(20)15(21)9-12/h1-9H,10H2,(H,22,26)(H,23,25). The molecule has 0 fully saturated rings. The lowest BCUT2D eigenvalue weighted by molar-refractivity contribution is 0.0944. The third-order valence-electron chi connectivity index (χ3n) is 3.49. The number of benzene rings is 2. The SMILES string of the molecule is O=C(NCc1ccccc1F)c1ccc(Nc2ccc(F)c(F)c2)nn1. The van der Waals surface area contributed by atoms with E-state index in [1.807, 2.05) is 0 Å². The fourth-order valence-electron chi connectivity index (χ4n) is 2.15. The van der Waals surface area contributed by atoms with Crippen LogP contribution in [0.4, 0.5) is 24.7 Å². The van der Waals surface area contributed by atoms with E-state index in [1.165, 1.54) is 24.3 Å². The molecule has 0 aliphatic heterocycles. The van der Waals surface area contributed by atoms with Gasteiger partial charge in [0, 0.05) is 23.9 Å². The van der Waals surface area contributed by atoms with Crippen LogP contribution in [0.2, 0.25) is 0 Å². The first-order valence-corrected chi connectivity index (χ1v) is 7.60. The predicted molar refractivity (Wildman–Crippen MR) is 89.2 cm³/mol. The Morgan fingerprint density at radius 1 is 0.885 bits per heavy atom. The van der Waals surface area contributed by atoms with Gasteiger partial charge >= 0.3 is 0 Å². The Hall–Kier alpha value is -3.42. The van der Waals surface area contributed by atoms with E-state index in [0.29, 0.717) is 5.56 Å². The first-order chi connectivity index (χ1) is 12.5. The zero-order valence-electron chi connectivity index (χ0n) is 13.3. The van der Waals surface area contributed by atoms with Crippen LogP contribution in [0, 0.1) is 17.5 Å². The summed E-state index contributed by atoms with van der Waals surface area (Å²) in [5, 5.41) is 12.9. The van der Waals surface area contributed by atoms with Crippen LogP contribution in [0.25, 0.3) is 0 Å². The van der Waals surface area contributed by atoms with Gasteiger partial charge in [-0.25, -0.2) is 13.2 Å². The molecular formula is C18H13F3N4O. The smallest absolute Gasteiger partial charge is 0.272 e. The first kappa shape index (κ1) is 17.4. The molecule has 1 amide bonds. The van der Waals surface area contributed by atoms with Gasteiger partial charge in [-0.15, -0.1) is 10.2 Å². The molecule has 26 heavy (non-hydrogen) atoms. The van der Waals surface area contributed by atoms with Crippen LogP contribution in [-0.2, 0) is 6.54 Å². The molecule has 2 N–H and O–H groups in total. The summed E-state index contributed by atoms with van der Waals surface area (Å²) in [6, 6.07) is 12.3. The van der Waals surface area contributed by atoms with Crippen LogP contribution in [0.5, 0.6) is 0 Å². The molecule has 3 rings (SSSR count). The third-order valence-corrected chi connectivity index (χ3v) is 3.49. The molecule has 0 radical (unpaired) electrons. The van der Waals surface area contributed by atoms with Crippen LogP contribution in [0.3, 0.4) is 0 Å². The molecule has 132 valence electrons. The van der Waals surface area contributed by atoms with Crippen LogP contribution in [-0.4, -0.2) is 16.1 Å². The summed E-state index contributed by atoms with van der Waals surface area (Å²) < 4.78 is 39.6. The van der Waals surface area contributed by atoms with Crippen molar-refractivity contribution in [3.05, 3.63) is 83.3 Å². The van der Waals surface area contributed by atoms with E-state index >= 15 is 0 Å². The Morgan fingerprint density at radius 3 is 2.38 bits per heavy atom. The fraction of sp³-hybridized carbons (Fsp3) is 0.0556. The zero-order valence-corrected chi connectivity index (χ0v) is 13.3. The highest BCUT2D eigenvalue weighted by atomic mass is 19.2. The van der Waals surface area contributed by atoms with Gasteiger partial charge in [-0.2, -0.15) is 0 Å². The molecule has 0 bridgehead atoms. The van der Waals surface area contributed by atoms with Crippen molar-refractivity contribution in [1.82, 2.24) is 15.5 Å². The van der Waals surface area contributed by atoms with Gasteiger partial charge in [-0.3, -0.25) is 4.79 Å². The summed E-state index contributed by atoms with van der Waals surface area (Å²) in [7, 11) is 0. The molecule has 0 aliphatic carbocycles. The highest BCUT2D eigenvalue weighted by Gasteiger charge is 2.10. The number of nitrogens with one attached hydrogen (secondary N) is 2. The molecule has 1 heterocycles. The number of hydrogen-bond acceptors (Lipinski definition) is 4. The molecular weight excluding hydrogens is 345 g/mol. The quantitative estimate of drug-likeness (QED) is 0.732. The molecule has 3 aromatic rings. The van der Waals surface area contributed by atoms with Gasteiger partial charge in [-0.1, -0.05) is 18.2 Å². The van der Waals surface area contributed by atoms with E-state index in [2.05, 4.69) is 20.8 Å². The Morgan fingerprint density at radius 2 is 1.69 bits per heavy atom. The number of aromatic nitrogens is 2. The minimum absolute atomic E-state index is 0.0159. The Labute approximate surface area is 146 Å². The van der Waals surface area contributed by atoms with Gasteiger partial charge in [0.1, 0.15) is 5.82 Å². The average Bonchev–Trinajstić information content (AvgIpc) is 2.64. The Balaban J connectivity index is 1.62. The van der Waals surface area contributed by atoms with Crippen molar-refractivity contribution in [3.63, 3.8) is 0 Å². The van der Waals surface area contributed by atoms with E-state index in [1.54, 1.807) is 18.2 Å². The van der Waals surface area contributed by atoms with Gasteiger partial charge in [0.25, 0.3) is 5.91 Å². The number of nitrogens with zero attached hydrogens (tertiary/aromatic N) is 2.